The summed E-state index contributed by atoms with van der Waals surface area (Å²) in [5.74, 6) is 2.42. The van der Waals surface area contributed by atoms with Crippen molar-refractivity contribution in [2.24, 2.45) is 0 Å². The first-order chi connectivity index (χ1) is 15.5. The zero-order valence-corrected chi connectivity index (χ0v) is 22.6. The Morgan fingerprint density at radius 3 is 1.24 bits per heavy atom. The third kappa shape index (κ3) is 7.22. The van der Waals surface area contributed by atoms with E-state index in [-0.39, 0.29) is 0 Å². The third-order valence-electron chi connectivity index (χ3n) is 6.29. The number of rotatable bonds is 6. The molecule has 0 fully saturated rings. The van der Waals surface area contributed by atoms with Crippen LogP contribution in [0.2, 0.25) is 0 Å². The lowest BCUT2D eigenvalue weighted by Crippen LogP contribution is -2.07. The smallest absolute Gasteiger partial charge is 0.0361 e. The van der Waals surface area contributed by atoms with Crippen LogP contribution < -0.4 is 4.90 Å². The van der Waals surface area contributed by atoms with Crippen LogP contribution in [-0.4, -0.2) is 14.1 Å². The van der Waals surface area contributed by atoms with Gasteiger partial charge in [0.25, 0.3) is 0 Å². The molecule has 0 saturated heterocycles. The molecule has 0 aromatic heterocycles. The van der Waals surface area contributed by atoms with Gasteiger partial charge in [-0.25, -0.2) is 0 Å². The van der Waals surface area contributed by atoms with Crippen LogP contribution in [-0.2, 0) is 0 Å². The topological polar surface area (TPSA) is 3.24 Å². The van der Waals surface area contributed by atoms with E-state index in [1.54, 1.807) is 0 Å². The van der Waals surface area contributed by atoms with Crippen molar-refractivity contribution in [2.45, 2.75) is 79.1 Å². The molecule has 0 radical (unpaired) electrons. The Labute approximate surface area is 203 Å². The Morgan fingerprint density at radius 2 is 0.848 bits per heavy atom. The summed E-state index contributed by atoms with van der Waals surface area (Å²) in [5, 5.41) is 0. The largest absolute Gasteiger partial charge is 0.378 e. The molecular weight excluding hydrogens is 398 g/mol. The predicted molar refractivity (Wildman–Crippen MR) is 149 cm³/mol. The minimum absolute atomic E-state index is 0.559. The average molecular weight is 444 g/mol. The van der Waals surface area contributed by atoms with E-state index < -0.39 is 0 Å². The first kappa shape index (κ1) is 26.7. The van der Waals surface area contributed by atoms with Crippen molar-refractivity contribution in [1.82, 2.24) is 0 Å². The molecule has 0 unspecified atom stereocenters. The van der Waals surface area contributed by atoms with Gasteiger partial charge in [0.15, 0.2) is 0 Å². The number of anilines is 1. The van der Waals surface area contributed by atoms with Gasteiger partial charge in [-0.05, 0) is 69.2 Å². The van der Waals surface area contributed by atoms with E-state index in [9.17, 15) is 0 Å². The second-order valence-electron chi connectivity index (χ2n) is 10.5. The lowest BCUT2D eigenvalue weighted by Gasteiger charge is -2.18. The van der Waals surface area contributed by atoms with Gasteiger partial charge in [0, 0.05) is 19.8 Å². The van der Waals surface area contributed by atoms with E-state index in [0.29, 0.717) is 23.7 Å². The SMILES string of the molecule is CC(C)c1ccc(-c2ccc(N(C)C)cc2)cc1C(C)C.CC(C)c1ccccc1C(C)C. The number of nitrogens with zero attached hydrogens (tertiary/aromatic N) is 1. The lowest BCUT2D eigenvalue weighted by atomic mass is 9.88. The summed E-state index contributed by atoms with van der Waals surface area (Å²) in [5.41, 5.74) is 9.77. The maximum absolute atomic E-state index is 2.37. The molecule has 3 aromatic rings. The van der Waals surface area contributed by atoms with E-state index in [4.69, 9.17) is 0 Å². The van der Waals surface area contributed by atoms with Gasteiger partial charge in [0.2, 0.25) is 0 Å². The maximum Gasteiger partial charge on any atom is 0.0361 e. The van der Waals surface area contributed by atoms with Gasteiger partial charge in [-0.3, -0.25) is 0 Å². The number of benzene rings is 3. The normalized spacial score (nSPS) is 11.2. The Balaban J connectivity index is 0.000000273. The molecule has 0 aliphatic heterocycles. The van der Waals surface area contributed by atoms with Crippen LogP contribution in [0, 0.1) is 0 Å². The molecule has 0 N–H and O–H groups in total. The molecule has 0 aliphatic rings. The van der Waals surface area contributed by atoms with Gasteiger partial charge in [0.1, 0.15) is 0 Å². The van der Waals surface area contributed by atoms with Gasteiger partial charge in [-0.1, -0.05) is 110 Å². The standard InChI is InChI=1S/C20H27N.C12H18/c1-14(2)19-12-9-17(13-20(19)15(3)4)16-7-10-18(11-8-16)21(5)6;1-9(2)11-7-5-6-8-12(11)10(3)4/h7-15H,1-6H3;5-10H,1-4H3. The second-order valence-corrected chi connectivity index (χ2v) is 10.5. The molecule has 0 spiro atoms. The molecule has 0 amide bonds. The van der Waals surface area contributed by atoms with Gasteiger partial charge in [-0.2, -0.15) is 0 Å². The minimum atomic E-state index is 0.559. The highest BCUT2D eigenvalue weighted by atomic mass is 15.1. The fraction of sp³-hybridized carbons (Fsp3) is 0.438. The first-order valence-corrected chi connectivity index (χ1v) is 12.5. The molecule has 0 bridgehead atoms. The monoisotopic (exact) mass is 443 g/mol. The van der Waals surface area contributed by atoms with E-state index in [2.05, 4.69) is 141 Å². The van der Waals surface area contributed by atoms with Gasteiger partial charge in [-0.15, -0.1) is 0 Å². The van der Waals surface area contributed by atoms with E-state index in [0.717, 1.165) is 0 Å². The molecule has 1 nitrogen and oxygen atoms in total. The van der Waals surface area contributed by atoms with Crippen molar-refractivity contribution in [3.63, 3.8) is 0 Å². The van der Waals surface area contributed by atoms with Crippen molar-refractivity contribution < 1.29 is 0 Å². The van der Waals surface area contributed by atoms with Crippen LogP contribution in [0.5, 0.6) is 0 Å². The van der Waals surface area contributed by atoms with Crippen molar-refractivity contribution in [1.29, 1.82) is 0 Å². The van der Waals surface area contributed by atoms with Crippen molar-refractivity contribution >= 4 is 5.69 Å². The quantitative estimate of drug-likeness (QED) is 0.366. The molecule has 0 aliphatic carbocycles. The lowest BCUT2D eigenvalue weighted by molar-refractivity contribution is 0.790. The van der Waals surface area contributed by atoms with E-state index in [1.807, 2.05) is 0 Å². The summed E-state index contributed by atoms with van der Waals surface area (Å²) in [7, 11) is 4.15. The summed E-state index contributed by atoms with van der Waals surface area (Å²) < 4.78 is 0. The molecule has 33 heavy (non-hydrogen) atoms. The Hall–Kier alpha value is -2.54. The van der Waals surface area contributed by atoms with E-state index >= 15 is 0 Å². The average Bonchev–Trinajstić information content (AvgIpc) is 2.79. The minimum Gasteiger partial charge on any atom is -0.378 e. The molecule has 3 rings (SSSR count). The van der Waals surface area contributed by atoms with Gasteiger partial charge in [0.05, 0.1) is 0 Å². The number of hydrogen-bond acceptors (Lipinski definition) is 1. The maximum atomic E-state index is 2.37. The summed E-state index contributed by atoms with van der Waals surface area (Å²) in [4.78, 5) is 2.13. The van der Waals surface area contributed by atoms with Gasteiger partial charge < -0.3 is 4.90 Å². The van der Waals surface area contributed by atoms with Crippen LogP contribution >= 0.6 is 0 Å². The molecular formula is C32H45N. The second kappa shape index (κ2) is 12.1. The molecule has 1 heteroatoms. The van der Waals surface area contributed by atoms with Crippen LogP contribution in [0.25, 0.3) is 11.1 Å². The third-order valence-corrected chi connectivity index (χ3v) is 6.29. The van der Waals surface area contributed by atoms with Crippen LogP contribution in [0.3, 0.4) is 0 Å². The molecule has 0 atom stereocenters. The predicted octanol–water partition coefficient (Wildman–Crippen LogP) is 9.60. The summed E-state index contributed by atoms with van der Waals surface area (Å²) in [6.07, 6.45) is 0. The van der Waals surface area contributed by atoms with Crippen molar-refractivity contribution in [2.75, 3.05) is 19.0 Å². The zero-order chi connectivity index (χ0) is 24.7. The summed E-state index contributed by atoms with van der Waals surface area (Å²) in [6, 6.07) is 24.4. The molecule has 0 heterocycles. The highest BCUT2D eigenvalue weighted by Crippen LogP contribution is 2.31. The summed E-state index contributed by atoms with van der Waals surface area (Å²) >= 11 is 0. The van der Waals surface area contributed by atoms with Crippen LogP contribution in [0.4, 0.5) is 5.69 Å². The highest BCUT2D eigenvalue weighted by molar-refractivity contribution is 5.67. The van der Waals surface area contributed by atoms with Crippen LogP contribution in [0.15, 0.2) is 66.7 Å². The first-order valence-electron chi connectivity index (χ1n) is 12.5. The fourth-order valence-corrected chi connectivity index (χ4v) is 4.29. The highest BCUT2D eigenvalue weighted by Gasteiger charge is 2.11. The summed E-state index contributed by atoms with van der Waals surface area (Å²) in [6.45, 7) is 18.1. The molecule has 178 valence electrons. The van der Waals surface area contributed by atoms with Gasteiger partial charge >= 0.3 is 0 Å². The van der Waals surface area contributed by atoms with E-state index in [1.165, 1.54) is 39.1 Å². The van der Waals surface area contributed by atoms with Crippen molar-refractivity contribution in [3.8, 4) is 11.1 Å². The molecule has 3 aromatic carbocycles. The Kier molecular flexibility index (Phi) is 9.77. The number of hydrogen-bond donors (Lipinski definition) is 0. The van der Waals surface area contributed by atoms with Crippen LogP contribution in [0.1, 0.15) is 101 Å². The Bertz CT molecular complexity index is 964. The zero-order valence-electron chi connectivity index (χ0n) is 22.6. The van der Waals surface area contributed by atoms with Crippen molar-refractivity contribution in [3.05, 3.63) is 89.0 Å². The Morgan fingerprint density at radius 1 is 0.455 bits per heavy atom. The fourth-order valence-electron chi connectivity index (χ4n) is 4.29. The molecule has 0 saturated carbocycles.